The number of nitrogens with zero attached hydrogens (tertiary/aromatic N) is 1. The van der Waals surface area contributed by atoms with Crippen LogP contribution in [0.2, 0.25) is 0 Å². The fourth-order valence-corrected chi connectivity index (χ4v) is 3.64. The lowest BCUT2D eigenvalue weighted by Gasteiger charge is -2.28. The predicted molar refractivity (Wildman–Crippen MR) is 80.3 cm³/mol. The quantitative estimate of drug-likeness (QED) is 0.821. The number of aromatic nitrogens is 2. The van der Waals surface area contributed by atoms with Crippen molar-refractivity contribution in [3.8, 4) is 5.75 Å². The molecule has 0 amide bonds. The van der Waals surface area contributed by atoms with Crippen molar-refractivity contribution >= 4 is 23.3 Å². The van der Waals surface area contributed by atoms with Gasteiger partial charge in [-0.25, -0.2) is 0 Å². The average molecular weight is 276 g/mol. The van der Waals surface area contributed by atoms with E-state index in [0.717, 1.165) is 22.0 Å². The summed E-state index contributed by atoms with van der Waals surface area (Å²) in [7, 11) is 1.70. The smallest absolute Gasteiger partial charge is 0.178 e. The van der Waals surface area contributed by atoms with Crippen LogP contribution in [0.1, 0.15) is 38.6 Å². The minimum Gasteiger partial charge on any atom is -0.494 e. The van der Waals surface area contributed by atoms with E-state index in [9.17, 15) is 0 Å². The molecule has 1 fully saturated rings. The van der Waals surface area contributed by atoms with Crippen molar-refractivity contribution in [2.75, 3.05) is 7.11 Å². The summed E-state index contributed by atoms with van der Waals surface area (Å²) >= 11 is 5.53. The molecule has 2 aromatic rings. The third-order valence-corrected chi connectivity index (χ3v) is 4.51. The number of nitrogens with one attached hydrogen (secondary N) is 1. The van der Waals surface area contributed by atoms with Crippen LogP contribution in [-0.4, -0.2) is 16.7 Å². The molecule has 0 bridgehead atoms. The Morgan fingerprint density at radius 2 is 2.21 bits per heavy atom. The molecule has 1 saturated carbocycles. The van der Waals surface area contributed by atoms with Gasteiger partial charge in [-0.1, -0.05) is 25.8 Å². The van der Waals surface area contributed by atoms with Crippen LogP contribution in [0, 0.1) is 10.7 Å². The van der Waals surface area contributed by atoms with Crippen molar-refractivity contribution in [2.24, 2.45) is 5.92 Å². The lowest BCUT2D eigenvalue weighted by atomic mass is 9.87. The Balaban J connectivity index is 2.13. The Morgan fingerprint density at radius 3 is 2.95 bits per heavy atom. The molecule has 1 aliphatic carbocycles. The molecule has 1 heterocycles. The summed E-state index contributed by atoms with van der Waals surface area (Å²) in [6.45, 7) is 2.34. The minimum absolute atomic E-state index is 0.525. The van der Waals surface area contributed by atoms with Crippen LogP contribution in [0.5, 0.6) is 5.75 Å². The van der Waals surface area contributed by atoms with E-state index < -0.39 is 0 Å². The van der Waals surface area contributed by atoms with Gasteiger partial charge in [0.25, 0.3) is 0 Å². The van der Waals surface area contributed by atoms with E-state index >= 15 is 0 Å². The maximum Gasteiger partial charge on any atom is 0.178 e. The third-order valence-electron chi connectivity index (χ3n) is 4.21. The van der Waals surface area contributed by atoms with Gasteiger partial charge in [0.05, 0.1) is 12.6 Å². The van der Waals surface area contributed by atoms with Crippen molar-refractivity contribution in [1.82, 2.24) is 9.55 Å². The lowest BCUT2D eigenvalue weighted by molar-refractivity contribution is 0.285. The number of rotatable bonds is 2. The summed E-state index contributed by atoms with van der Waals surface area (Å²) in [4.78, 5) is 3.31. The molecule has 3 rings (SSSR count). The van der Waals surface area contributed by atoms with Gasteiger partial charge in [0.1, 0.15) is 11.3 Å². The number of imidazole rings is 1. The van der Waals surface area contributed by atoms with Crippen LogP contribution in [0.4, 0.5) is 0 Å². The molecule has 0 aliphatic heterocycles. The van der Waals surface area contributed by atoms with Gasteiger partial charge in [0.2, 0.25) is 0 Å². The molecule has 4 heteroatoms. The van der Waals surface area contributed by atoms with Crippen LogP contribution in [-0.2, 0) is 0 Å². The first kappa shape index (κ1) is 12.7. The summed E-state index contributed by atoms with van der Waals surface area (Å²) < 4.78 is 8.53. The largest absolute Gasteiger partial charge is 0.494 e. The summed E-state index contributed by atoms with van der Waals surface area (Å²) in [6, 6.07) is 6.66. The maximum atomic E-state index is 5.53. The highest BCUT2D eigenvalue weighted by Gasteiger charge is 2.23. The molecular weight excluding hydrogens is 256 g/mol. The van der Waals surface area contributed by atoms with E-state index in [1.165, 1.54) is 31.2 Å². The molecule has 1 N–H and O–H groups in total. The van der Waals surface area contributed by atoms with Gasteiger partial charge >= 0.3 is 0 Å². The first-order chi connectivity index (χ1) is 9.20. The number of fused-ring (bicyclic) bond motifs is 1. The SMILES string of the molecule is COc1cccc2c1[nH]c(=S)n2C1CCCC(C)C1. The molecule has 2 atom stereocenters. The fourth-order valence-electron chi connectivity index (χ4n) is 3.29. The zero-order valence-electron chi connectivity index (χ0n) is 11.5. The van der Waals surface area contributed by atoms with Crippen LogP contribution in [0.25, 0.3) is 11.0 Å². The first-order valence-corrected chi connectivity index (χ1v) is 7.38. The van der Waals surface area contributed by atoms with Crippen molar-refractivity contribution in [3.63, 3.8) is 0 Å². The Hall–Kier alpha value is -1.29. The molecule has 3 nitrogen and oxygen atoms in total. The molecule has 0 radical (unpaired) electrons. The molecule has 102 valence electrons. The molecular formula is C15H20N2OS. The summed E-state index contributed by atoms with van der Waals surface area (Å²) in [6.07, 6.45) is 5.08. The number of hydrogen-bond acceptors (Lipinski definition) is 2. The highest BCUT2D eigenvalue weighted by molar-refractivity contribution is 7.71. The van der Waals surface area contributed by atoms with Gasteiger partial charge in [0.15, 0.2) is 4.77 Å². The van der Waals surface area contributed by atoms with E-state index in [2.05, 4.69) is 22.5 Å². The van der Waals surface area contributed by atoms with Crippen molar-refractivity contribution in [3.05, 3.63) is 23.0 Å². The lowest BCUT2D eigenvalue weighted by Crippen LogP contribution is -2.17. The second-order valence-corrected chi connectivity index (χ2v) is 5.97. The Labute approximate surface area is 118 Å². The van der Waals surface area contributed by atoms with Gasteiger partial charge in [-0.2, -0.15) is 0 Å². The standard InChI is InChI=1S/C15H20N2OS/c1-10-5-3-6-11(9-10)17-12-7-4-8-13(18-2)14(12)16-15(17)19/h4,7-8,10-11H,3,5-6,9H2,1-2H3,(H,16,19). The van der Waals surface area contributed by atoms with E-state index in [0.29, 0.717) is 6.04 Å². The van der Waals surface area contributed by atoms with Gasteiger partial charge < -0.3 is 14.3 Å². The van der Waals surface area contributed by atoms with E-state index in [1.54, 1.807) is 7.11 Å². The predicted octanol–water partition coefficient (Wildman–Crippen LogP) is 4.46. The molecule has 1 aromatic carbocycles. The van der Waals surface area contributed by atoms with E-state index in [1.807, 2.05) is 12.1 Å². The number of para-hydroxylation sites is 1. The molecule has 1 aliphatic rings. The number of ether oxygens (including phenoxy) is 1. The van der Waals surface area contributed by atoms with Crippen molar-refractivity contribution in [1.29, 1.82) is 0 Å². The molecule has 1 aromatic heterocycles. The van der Waals surface area contributed by atoms with E-state index in [-0.39, 0.29) is 0 Å². The Bertz CT molecular complexity index is 643. The number of benzene rings is 1. The Kier molecular flexibility index (Phi) is 3.35. The van der Waals surface area contributed by atoms with Gasteiger partial charge in [-0.15, -0.1) is 0 Å². The number of aromatic amines is 1. The van der Waals surface area contributed by atoms with E-state index in [4.69, 9.17) is 17.0 Å². The molecule has 0 saturated heterocycles. The maximum absolute atomic E-state index is 5.53. The van der Waals surface area contributed by atoms with Crippen molar-refractivity contribution in [2.45, 2.75) is 38.6 Å². The van der Waals surface area contributed by atoms with Crippen molar-refractivity contribution < 1.29 is 4.74 Å². The van der Waals surface area contributed by atoms with Crippen LogP contribution in [0.3, 0.4) is 0 Å². The molecule has 0 spiro atoms. The van der Waals surface area contributed by atoms with Crippen LogP contribution in [0.15, 0.2) is 18.2 Å². The second kappa shape index (κ2) is 5.00. The summed E-state index contributed by atoms with van der Waals surface area (Å²) in [5, 5.41) is 0. The van der Waals surface area contributed by atoms with Crippen LogP contribution >= 0.6 is 12.2 Å². The zero-order valence-corrected chi connectivity index (χ0v) is 12.3. The number of hydrogen-bond donors (Lipinski definition) is 1. The third kappa shape index (κ3) is 2.18. The first-order valence-electron chi connectivity index (χ1n) is 6.98. The Morgan fingerprint density at radius 1 is 1.37 bits per heavy atom. The fraction of sp³-hybridized carbons (Fsp3) is 0.533. The summed E-state index contributed by atoms with van der Waals surface area (Å²) in [5.74, 6) is 1.66. The number of methoxy groups -OCH3 is 1. The molecule has 19 heavy (non-hydrogen) atoms. The van der Waals surface area contributed by atoms with Gasteiger partial charge in [0, 0.05) is 6.04 Å². The highest BCUT2D eigenvalue weighted by Crippen LogP contribution is 2.36. The van der Waals surface area contributed by atoms with Gasteiger partial charge in [-0.05, 0) is 43.1 Å². The minimum atomic E-state index is 0.525. The van der Waals surface area contributed by atoms with Crippen LogP contribution < -0.4 is 4.74 Å². The molecule has 2 unspecified atom stereocenters. The topological polar surface area (TPSA) is 29.9 Å². The normalized spacial score (nSPS) is 23.7. The van der Waals surface area contributed by atoms with Gasteiger partial charge in [-0.3, -0.25) is 0 Å². The number of H-pyrrole nitrogens is 1. The highest BCUT2D eigenvalue weighted by atomic mass is 32.1. The second-order valence-electron chi connectivity index (χ2n) is 5.58. The average Bonchev–Trinajstić information content (AvgIpc) is 2.74. The zero-order chi connectivity index (χ0) is 13.4. The monoisotopic (exact) mass is 276 g/mol. The summed E-state index contributed by atoms with van der Waals surface area (Å²) in [5.41, 5.74) is 2.19.